The van der Waals surface area contributed by atoms with Gasteiger partial charge in [0.25, 0.3) is 0 Å². The average Bonchev–Trinajstić information content (AvgIpc) is 2.85. The van der Waals surface area contributed by atoms with E-state index in [0.29, 0.717) is 12.3 Å². The summed E-state index contributed by atoms with van der Waals surface area (Å²) in [6, 6.07) is 0. The number of hydrogen-bond donors (Lipinski definition) is 0. The standard InChI is InChI=1S/C15H23F3O3/c1-13(2,3)20-12(19)21-14(4,15(16,17)18)11-8-9-5-6-10(11)7-9/h9-11H,5-8H2,1-4H3. The summed E-state index contributed by atoms with van der Waals surface area (Å²) < 4.78 is 50.4. The quantitative estimate of drug-likeness (QED) is 0.694. The SMILES string of the molecule is CC(C)(C)OC(=O)OC(C)(C1CC2CCC1C2)C(F)(F)F. The first-order valence-corrected chi connectivity index (χ1v) is 7.41. The van der Waals surface area contributed by atoms with E-state index in [1.165, 1.54) is 0 Å². The molecule has 0 N–H and O–H groups in total. The highest BCUT2D eigenvalue weighted by Crippen LogP contribution is 2.56. The number of carbonyl (C=O) groups excluding carboxylic acids is 1. The van der Waals surface area contributed by atoms with Gasteiger partial charge in [0.1, 0.15) is 5.60 Å². The molecule has 122 valence electrons. The lowest BCUT2D eigenvalue weighted by atomic mass is 9.76. The van der Waals surface area contributed by atoms with Crippen molar-refractivity contribution in [3.8, 4) is 0 Å². The molecule has 0 aliphatic heterocycles. The first kappa shape index (κ1) is 16.4. The molecule has 4 unspecified atom stereocenters. The summed E-state index contributed by atoms with van der Waals surface area (Å²) in [5.74, 6) is -0.336. The van der Waals surface area contributed by atoms with E-state index in [1.807, 2.05) is 0 Å². The summed E-state index contributed by atoms with van der Waals surface area (Å²) in [6.45, 7) is 5.77. The molecule has 2 rings (SSSR count). The van der Waals surface area contributed by atoms with Crippen molar-refractivity contribution in [2.24, 2.45) is 17.8 Å². The van der Waals surface area contributed by atoms with Crippen LogP contribution >= 0.6 is 0 Å². The van der Waals surface area contributed by atoms with Crippen molar-refractivity contribution in [3.05, 3.63) is 0 Å². The highest BCUT2D eigenvalue weighted by molar-refractivity contribution is 5.61. The third-order valence-electron chi connectivity index (χ3n) is 4.69. The van der Waals surface area contributed by atoms with Gasteiger partial charge >= 0.3 is 12.3 Å². The second kappa shape index (κ2) is 5.06. The van der Waals surface area contributed by atoms with Gasteiger partial charge in [0.05, 0.1) is 0 Å². The minimum absolute atomic E-state index is 0.0101. The van der Waals surface area contributed by atoms with E-state index < -0.39 is 29.5 Å². The molecule has 0 radical (unpaired) electrons. The van der Waals surface area contributed by atoms with Crippen molar-refractivity contribution in [2.75, 3.05) is 0 Å². The molecule has 21 heavy (non-hydrogen) atoms. The highest BCUT2D eigenvalue weighted by atomic mass is 19.4. The van der Waals surface area contributed by atoms with Crippen LogP contribution in [0.1, 0.15) is 53.4 Å². The Balaban J connectivity index is 2.17. The zero-order valence-electron chi connectivity index (χ0n) is 12.9. The third-order valence-corrected chi connectivity index (χ3v) is 4.69. The van der Waals surface area contributed by atoms with Crippen molar-refractivity contribution < 1.29 is 27.4 Å². The summed E-state index contributed by atoms with van der Waals surface area (Å²) in [7, 11) is 0. The molecule has 0 aromatic heterocycles. The maximum absolute atomic E-state index is 13.5. The lowest BCUT2D eigenvalue weighted by molar-refractivity contribution is -0.282. The Kier molecular flexibility index (Phi) is 3.96. The van der Waals surface area contributed by atoms with Crippen LogP contribution in [0, 0.1) is 17.8 Å². The molecule has 3 nitrogen and oxygen atoms in total. The van der Waals surface area contributed by atoms with Gasteiger partial charge < -0.3 is 9.47 Å². The van der Waals surface area contributed by atoms with E-state index in [1.54, 1.807) is 20.8 Å². The van der Waals surface area contributed by atoms with Crippen LogP contribution in [0.4, 0.5) is 18.0 Å². The van der Waals surface area contributed by atoms with Gasteiger partial charge in [-0.05, 0) is 58.8 Å². The number of hydrogen-bond acceptors (Lipinski definition) is 3. The molecule has 2 bridgehead atoms. The Morgan fingerprint density at radius 3 is 2.00 bits per heavy atom. The van der Waals surface area contributed by atoms with Crippen LogP contribution < -0.4 is 0 Å². The maximum Gasteiger partial charge on any atom is 0.509 e. The fraction of sp³-hybridized carbons (Fsp3) is 0.933. The smallest absolute Gasteiger partial charge is 0.429 e. The van der Waals surface area contributed by atoms with Crippen LogP contribution in [-0.4, -0.2) is 23.5 Å². The fourth-order valence-electron chi connectivity index (χ4n) is 3.71. The first-order chi connectivity index (χ1) is 9.42. The van der Waals surface area contributed by atoms with E-state index in [-0.39, 0.29) is 5.92 Å². The number of ether oxygens (including phenoxy) is 2. The van der Waals surface area contributed by atoms with Crippen LogP contribution in [0.15, 0.2) is 0 Å². The number of carbonyl (C=O) groups is 1. The minimum Gasteiger partial charge on any atom is -0.429 e. The van der Waals surface area contributed by atoms with Crippen LogP contribution in [-0.2, 0) is 9.47 Å². The minimum atomic E-state index is -4.60. The molecule has 0 aromatic carbocycles. The van der Waals surface area contributed by atoms with E-state index in [0.717, 1.165) is 26.2 Å². The lowest BCUT2D eigenvalue weighted by Gasteiger charge is -2.40. The van der Waals surface area contributed by atoms with Crippen LogP contribution in [0.25, 0.3) is 0 Å². The predicted octanol–water partition coefficient (Wildman–Crippen LogP) is 4.70. The Morgan fingerprint density at radius 1 is 1.00 bits per heavy atom. The molecule has 2 saturated carbocycles. The zero-order valence-corrected chi connectivity index (χ0v) is 12.9. The molecule has 0 aromatic rings. The van der Waals surface area contributed by atoms with Crippen molar-refractivity contribution in [2.45, 2.75) is 70.8 Å². The highest BCUT2D eigenvalue weighted by Gasteiger charge is 2.64. The summed E-state index contributed by atoms with van der Waals surface area (Å²) in [5, 5.41) is 0. The monoisotopic (exact) mass is 308 g/mol. The van der Waals surface area contributed by atoms with Crippen LogP contribution in [0.5, 0.6) is 0 Å². The maximum atomic E-state index is 13.5. The molecule has 0 heterocycles. The van der Waals surface area contributed by atoms with Crippen molar-refractivity contribution in [3.63, 3.8) is 0 Å². The Labute approximate surface area is 123 Å². The van der Waals surface area contributed by atoms with Crippen LogP contribution in [0.3, 0.4) is 0 Å². The van der Waals surface area contributed by atoms with Gasteiger partial charge in [-0.25, -0.2) is 4.79 Å². The largest absolute Gasteiger partial charge is 0.509 e. The second-order valence-electron chi connectivity index (χ2n) is 7.45. The molecular formula is C15H23F3O3. The number of halogens is 3. The number of rotatable bonds is 2. The average molecular weight is 308 g/mol. The molecular weight excluding hydrogens is 285 g/mol. The molecule has 0 saturated heterocycles. The van der Waals surface area contributed by atoms with Gasteiger partial charge in [0.2, 0.25) is 5.60 Å². The summed E-state index contributed by atoms with van der Waals surface area (Å²) >= 11 is 0. The molecule has 2 aliphatic rings. The fourth-order valence-corrected chi connectivity index (χ4v) is 3.71. The molecule has 6 heteroatoms. The molecule has 4 atom stereocenters. The van der Waals surface area contributed by atoms with E-state index in [9.17, 15) is 18.0 Å². The van der Waals surface area contributed by atoms with Gasteiger partial charge in [0, 0.05) is 5.92 Å². The van der Waals surface area contributed by atoms with Gasteiger partial charge in [-0.2, -0.15) is 13.2 Å². The molecule has 2 fully saturated rings. The van der Waals surface area contributed by atoms with Gasteiger partial charge in [-0.15, -0.1) is 0 Å². The second-order valence-corrected chi connectivity index (χ2v) is 7.45. The Bertz CT molecular complexity index is 413. The number of alkyl halides is 3. The van der Waals surface area contributed by atoms with Crippen molar-refractivity contribution in [1.29, 1.82) is 0 Å². The van der Waals surface area contributed by atoms with Crippen molar-refractivity contribution in [1.82, 2.24) is 0 Å². The van der Waals surface area contributed by atoms with Crippen LogP contribution in [0.2, 0.25) is 0 Å². The van der Waals surface area contributed by atoms with E-state index in [2.05, 4.69) is 0 Å². The Hall–Kier alpha value is -0.940. The summed E-state index contributed by atoms with van der Waals surface area (Å²) in [6.07, 6.45) is -2.78. The van der Waals surface area contributed by atoms with Gasteiger partial charge in [-0.1, -0.05) is 6.42 Å². The topological polar surface area (TPSA) is 35.5 Å². The third kappa shape index (κ3) is 3.29. The van der Waals surface area contributed by atoms with Crippen molar-refractivity contribution >= 4 is 6.16 Å². The van der Waals surface area contributed by atoms with Gasteiger partial charge in [-0.3, -0.25) is 0 Å². The normalized spacial score (nSPS) is 31.9. The van der Waals surface area contributed by atoms with Gasteiger partial charge in [0.15, 0.2) is 0 Å². The van der Waals surface area contributed by atoms with E-state index >= 15 is 0 Å². The lowest BCUT2D eigenvalue weighted by Crippen LogP contribution is -2.54. The van der Waals surface area contributed by atoms with E-state index in [4.69, 9.17) is 9.47 Å². The summed E-state index contributed by atoms with van der Waals surface area (Å²) in [4.78, 5) is 11.7. The molecule has 2 aliphatic carbocycles. The number of fused-ring (bicyclic) bond motifs is 2. The first-order valence-electron chi connectivity index (χ1n) is 7.41. The Morgan fingerprint density at radius 2 is 1.62 bits per heavy atom. The molecule has 0 amide bonds. The summed E-state index contributed by atoms with van der Waals surface area (Å²) in [5.41, 5.74) is -3.34. The predicted molar refractivity (Wildman–Crippen MR) is 70.7 cm³/mol. The molecule has 0 spiro atoms. The zero-order chi connectivity index (χ0) is 16.1.